The zero-order valence-electron chi connectivity index (χ0n) is 10.6. The van der Waals surface area contributed by atoms with Crippen LogP contribution in [0.3, 0.4) is 0 Å². The van der Waals surface area contributed by atoms with E-state index in [9.17, 15) is 4.79 Å². The Hall–Kier alpha value is -0.940. The number of rotatable bonds is 3. The number of nitrogens with zero attached hydrogens (tertiary/aromatic N) is 2. The molecule has 1 saturated heterocycles. The van der Waals surface area contributed by atoms with Crippen molar-refractivity contribution in [1.29, 1.82) is 0 Å². The molecule has 2 atom stereocenters. The van der Waals surface area contributed by atoms with Gasteiger partial charge in [0.15, 0.2) is 0 Å². The van der Waals surface area contributed by atoms with E-state index in [1.165, 1.54) is 0 Å². The number of nitrogens with one attached hydrogen (secondary N) is 1. The fourth-order valence-corrected chi connectivity index (χ4v) is 3.04. The second-order valence-corrected chi connectivity index (χ2v) is 6.06. The molecule has 1 fully saturated rings. The molecular formula is C12H19N3OS. The van der Waals surface area contributed by atoms with E-state index >= 15 is 0 Å². The summed E-state index contributed by atoms with van der Waals surface area (Å²) in [5.41, 5.74) is 0. The van der Waals surface area contributed by atoms with Crippen LogP contribution in [0.5, 0.6) is 0 Å². The highest BCUT2D eigenvalue weighted by Gasteiger charge is 2.31. The Kier molecular flexibility index (Phi) is 3.79. The van der Waals surface area contributed by atoms with Gasteiger partial charge in [-0.05, 0) is 25.8 Å². The van der Waals surface area contributed by atoms with E-state index in [-0.39, 0.29) is 11.9 Å². The molecule has 0 aromatic carbocycles. The van der Waals surface area contributed by atoms with Crippen LogP contribution in [0.25, 0.3) is 0 Å². The number of hydrogen-bond donors (Lipinski definition) is 1. The molecule has 0 spiro atoms. The van der Waals surface area contributed by atoms with Crippen molar-refractivity contribution in [2.24, 2.45) is 5.92 Å². The molecule has 4 nitrogen and oxygen atoms in total. The van der Waals surface area contributed by atoms with E-state index in [1.807, 2.05) is 20.2 Å². The zero-order chi connectivity index (χ0) is 12.4. The summed E-state index contributed by atoms with van der Waals surface area (Å²) in [5, 5.41) is 4.32. The van der Waals surface area contributed by atoms with Crippen LogP contribution in [0.15, 0.2) is 6.20 Å². The van der Waals surface area contributed by atoms with E-state index in [0.717, 1.165) is 22.9 Å². The van der Waals surface area contributed by atoms with Gasteiger partial charge in [0.2, 0.25) is 5.91 Å². The molecule has 2 rings (SSSR count). The van der Waals surface area contributed by atoms with Gasteiger partial charge in [-0.2, -0.15) is 0 Å². The lowest BCUT2D eigenvalue weighted by atomic mass is 10.0. The summed E-state index contributed by atoms with van der Waals surface area (Å²) in [7, 11) is 1.87. The number of carbonyl (C=O) groups excluding carboxylic acids is 1. The molecule has 0 bridgehead atoms. The normalized spacial score (nSPS) is 23.9. The first-order valence-corrected chi connectivity index (χ1v) is 6.79. The fraction of sp³-hybridized carbons (Fsp3) is 0.667. The molecule has 5 heteroatoms. The average molecular weight is 253 g/mol. The Labute approximate surface area is 106 Å². The van der Waals surface area contributed by atoms with Crippen molar-refractivity contribution < 1.29 is 4.79 Å². The molecule has 1 aromatic heterocycles. The van der Waals surface area contributed by atoms with Crippen LogP contribution in [0.1, 0.15) is 23.2 Å². The Balaban J connectivity index is 1.95. The smallest absolute Gasteiger partial charge is 0.240 e. The molecule has 0 saturated carbocycles. The summed E-state index contributed by atoms with van der Waals surface area (Å²) < 4.78 is 0. The van der Waals surface area contributed by atoms with Crippen molar-refractivity contribution in [3.8, 4) is 0 Å². The van der Waals surface area contributed by atoms with Gasteiger partial charge in [0, 0.05) is 18.1 Å². The third kappa shape index (κ3) is 2.84. The molecule has 17 heavy (non-hydrogen) atoms. The maximum Gasteiger partial charge on any atom is 0.240 e. The third-order valence-electron chi connectivity index (χ3n) is 3.24. The number of hydrogen-bond acceptors (Lipinski definition) is 4. The van der Waals surface area contributed by atoms with Crippen LogP contribution in [0.4, 0.5) is 0 Å². The van der Waals surface area contributed by atoms with Crippen LogP contribution in [0, 0.1) is 12.8 Å². The van der Waals surface area contributed by atoms with E-state index in [1.54, 1.807) is 16.2 Å². The molecule has 1 N–H and O–H groups in total. The average Bonchev–Trinajstić information content (AvgIpc) is 2.86. The summed E-state index contributed by atoms with van der Waals surface area (Å²) >= 11 is 1.65. The van der Waals surface area contributed by atoms with Gasteiger partial charge >= 0.3 is 0 Å². The van der Waals surface area contributed by atoms with Crippen molar-refractivity contribution in [2.75, 3.05) is 13.6 Å². The molecule has 1 amide bonds. The minimum atomic E-state index is -0.00554. The predicted molar refractivity (Wildman–Crippen MR) is 68.9 cm³/mol. The molecule has 0 aliphatic carbocycles. The van der Waals surface area contributed by atoms with Gasteiger partial charge in [0.1, 0.15) is 0 Å². The van der Waals surface area contributed by atoms with E-state index in [4.69, 9.17) is 0 Å². The molecule has 2 unspecified atom stereocenters. The van der Waals surface area contributed by atoms with Crippen molar-refractivity contribution in [3.63, 3.8) is 0 Å². The maximum absolute atomic E-state index is 12.2. The summed E-state index contributed by atoms with van der Waals surface area (Å²) in [6.07, 6.45) is 2.94. The van der Waals surface area contributed by atoms with Crippen LogP contribution < -0.4 is 5.32 Å². The molecule has 0 radical (unpaired) electrons. The fourth-order valence-electron chi connectivity index (χ4n) is 2.19. The number of amides is 1. The van der Waals surface area contributed by atoms with Crippen molar-refractivity contribution in [2.45, 2.75) is 32.9 Å². The number of aromatic nitrogens is 1. The van der Waals surface area contributed by atoms with Gasteiger partial charge in [-0.25, -0.2) is 4.98 Å². The highest BCUT2D eigenvalue weighted by Crippen LogP contribution is 2.18. The topological polar surface area (TPSA) is 45.2 Å². The van der Waals surface area contributed by atoms with Crippen LogP contribution in [-0.4, -0.2) is 35.4 Å². The number of likely N-dealkylation sites (N-methyl/N-ethyl adjacent to an activating group) is 1. The minimum absolute atomic E-state index is 0.00554. The second-order valence-electron chi connectivity index (χ2n) is 4.74. The highest BCUT2D eigenvalue weighted by molar-refractivity contribution is 7.11. The van der Waals surface area contributed by atoms with E-state index in [2.05, 4.69) is 17.2 Å². The lowest BCUT2D eigenvalue weighted by Crippen LogP contribution is -2.43. The van der Waals surface area contributed by atoms with E-state index < -0.39 is 0 Å². The van der Waals surface area contributed by atoms with Gasteiger partial charge in [0.05, 0.1) is 17.6 Å². The van der Waals surface area contributed by atoms with Crippen LogP contribution in [0.2, 0.25) is 0 Å². The van der Waals surface area contributed by atoms with Crippen molar-refractivity contribution in [3.05, 3.63) is 16.1 Å². The first kappa shape index (κ1) is 12.5. The minimum Gasteiger partial charge on any atom is -0.339 e. The van der Waals surface area contributed by atoms with Crippen molar-refractivity contribution in [1.82, 2.24) is 15.2 Å². The number of thiazole rings is 1. The third-order valence-corrected chi connectivity index (χ3v) is 4.13. The molecule has 1 aromatic rings. The maximum atomic E-state index is 12.2. The summed E-state index contributed by atoms with van der Waals surface area (Å²) in [4.78, 5) is 19.4. The summed E-state index contributed by atoms with van der Waals surface area (Å²) in [6.45, 7) is 5.73. The van der Waals surface area contributed by atoms with Crippen LogP contribution in [-0.2, 0) is 11.3 Å². The first-order chi connectivity index (χ1) is 8.08. The molecule has 1 aliphatic rings. The standard InChI is InChI=1S/C12H19N3OS/c1-8-4-5-13-11(8)12(16)15(3)7-10-6-14-9(2)17-10/h6,8,11,13H,4-5,7H2,1-3H3. The Morgan fingerprint density at radius 1 is 1.71 bits per heavy atom. The second kappa shape index (κ2) is 5.14. The lowest BCUT2D eigenvalue weighted by Gasteiger charge is -2.22. The highest BCUT2D eigenvalue weighted by atomic mass is 32.1. The molecule has 2 heterocycles. The Morgan fingerprint density at radius 3 is 3.00 bits per heavy atom. The molecule has 1 aliphatic heterocycles. The van der Waals surface area contributed by atoms with Gasteiger partial charge < -0.3 is 10.2 Å². The predicted octanol–water partition coefficient (Wildman–Crippen LogP) is 1.41. The Morgan fingerprint density at radius 2 is 2.47 bits per heavy atom. The van der Waals surface area contributed by atoms with Gasteiger partial charge in [-0.1, -0.05) is 6.92 Å². The van der Waals surface area contributed by atoms with Gasteiger partial charge in [0.25, 0.3) is 0 Å². The number of carbonyl (C=O) groups is 1. The largest absolute Gasteiger partial charge is 0.339 e. The SMILES string of the molecule is Cc1ncc(CN(C)C(=O)C2NCCC2C)s1. The van der Waals surface area contributed by atoms with Gasteiger partial charge in [-0.3, -0.25) is 4.79 Å². The number of aryl methyl sites for hydroxylation is 1. The molecule has 94 valence electrons. The summed E-state index contributed by atoms with van der Waals surface area (Å²) in [5.74, 6) is 0.634. The molecular weight excluding hydrogens is 234 g/mol. The van der Waals surface area contributed by atoms with Crippen LogP contribution >= 0.6 is 11.3 Å². The first-order valence-electron chi connectivity index (χ1n) is 5.97. The monoisotopic (exact) mass is 253 g/mol. The van der Waals surface area contributed by atoms with Crippen molar-refractivity contribution >= 4 is 17.2 Å². The zero-order valence-corrected chi connectivity index (χ0v) is 11.4. The van der Waals surface area contributed by atoms with E-state index in [0.29, 0.717) is 12.5 Å². The Bertz CT molecular complexity index is 404. The van der Waals surface area contributed by atoms with Gasteiger partial charge in [-0.15, -0.1) is 11.3 Å². The summed E-state index contributed by atoms with van der Waals surface area (Å²) in [6, 6.07) is -0.00554. The quantitative estimate of drug-likeness (QED) is 0.886. The lowest BCUT2D eigenvalue weighted by molar-refractivity contribution is -0.133.